The summed E-state index contributed by atoms with van der Waals surface area (Å²) < 4.78 is 5.53. The highest BCUT2D eigenvalue weighted by Crippen LogP contribution is 2.31. The molecule has 4 heteroatoms. The van der Waals surface area contributed by atoms with Crippen molar-refractivity contribution in [1.29, 1.82) is 0 Å². The summed E-state index contributed by atoms with van der Waals surface area (Å²) in [6.45, 7) is 6.85. The second-order valence-electron chi connectivity index (χ2n) is 6.66. The Labute approximate surface area is 118 Å². The molecule has 2 saturated heterocycles. The fourth-order valence-corrected chi connectivity index (χ4v) is 3.77. The second-order valence-corrected chi connectivity index (χ2v) is 6.66. The predicted molar refractivity (Wildman–Crippen MR) is 79.6 cm³/mol. The van der Waals surface area contributed by atoms with E-state index in [1.807, 2.05) is 7.11 Å². The molecule has 2 rings (SSSR count). The number of piperidine rings is 2. The Morgan fingerprint density at radius 1 is 1.37 bits per heavy atom. The number of hydrogen-bond donors (Lipinski definition) is 1. The SMILES string of the molecule is COCC1(CN(C)C2CCCN(C)C2)CCNCC1. The van der Waals surface area contributed by atoms with E-state index in [9.17, 15) is 0 Å². The molecule has 19 heavy (non-hydrogen) atoms. The Hall–Kier alpha value is -0.160. The molecule has 0 radical (unpaired) electrons. The van der Waals surface area contributed by atoms with Gasteiger partial charge < -0.3 is 19.9 Å². The van der Waals surface area contributed by atoms with Crippen molar-refractivity contribution in [3.63, 3.8) is 0 Å². The first kappa shape index (κ1) is 15.2. The molecule has 0 spiro atoms. The minimum Gasteiger partial charge on any atom is -0.384 e. The first-order valence-corrected chi connectivity index (χ1v) is 7.74. The highest BCUT2D eigenvalue weighted by molar-refractivity contribution is 4.89. The molecule has 1 atom stereocenters. The maximum absolute atomic E-state index is 5.53. The van der Waals surface area contributed by atoms with Gasteiger partial charge in [-0.1, -0.05) is 0 Å². The van der Waals surface area contributed by atoms with E-state index in [1.165, 1.54) is 45.3 Å². The summed E-state index contributed by atoms with van der Waals surface area (Å²) in [7, 11) is 6.40. The van der Waals surface area contributed by atoms with Gasteiger partial charge in [0.1, 0.15) is 0 Å². The number of likely N-dealkylation sites (tertiary alicyclic amines) is 1. The van der Waals surface area contributed by atoms with Gasteiger partial charge in [0.25, 0.3) is 0 Å². The molecule has 0 amide bonds. The molecule has 2 heterocycles. The summed E-state index contributed by atoms with van der Waals surface area (Å²) in [5, 5.41) is 3.48. The third-order valence-corrected chi connectivity index (χ3v) is 4.92. The average molecular weight is 269 g/mol. The summed E-state index contributed by atoms with van der Waals surface area (Å²) in [5.41, 5.74) is 0.366. The molecule has 2 fully saturated rings. The van der Waals surface area contributed by atoms with Crippen LogP contribution in [-0.4, -0.2) is 76.4 Å². The summed E-state index contributed by atoms with van der Waals surface area (Å²) >= 11 is 0. The van der Waals surface area contributed by atoms with E-state index in [2.05, 4.69) is 29.2 Å². The third kappa shape index (κ3) is 4.15. The van der Waals surface area contributed by atoms with Crippen LogP contribution in [-0.2, 0) is 4.74 Å². The Morgan fingerprint density at radius 3 is 2.74 bits per heavy atom. The van der Waals surface area contributed by atoms with Crippen LogP contribution in [0.25, 0.3) is 0 Å². The number of ether oxygens (including phenoxy) is 1. The minimum atomic E-state index is 0.366. The van der Waals surface area contributed by atoms with Gasteiger partial charge >= 0.3 is 0 Å². The maximum atomic E-state index is 5.53. The zero-order valence-electron chi connectivity index (χ0n) is 13.0. The van der Waals surface area contributed by atoms with Crippen LogP contribution in [0, 0.1) is 5.41 Å². The molecule has 0 saturated carbocycles. The van der Waals surface area contributed by atoms with Crippen LogP contribution < -0.4 is 5.32 Å². The fraction of sp³-hybridized carbons (Fsp3) is 1.00. The van der Waals surface area contributed by atoms with Gasteiger partial charge in [0.15, 0.2) is 0 Å². The molecule has 0 aromatic carbocycles. The van der Waals surface area contributed by atoms with Crippen LogP contribution in [0.2, 0.25) is 0 Å². The van der Waals surface area contributed by atoms with Crippen LogP contribution in [0.5, 0.6) is 0 Å². The van der Waals surface area contributed by atoms with Gasteiger partial charge in [-0.05, 0) is 59.4 Å². The van der Waals surface area contributed by atoms with E-state index in [0.29, 0.717) is 5.41 Å². The predicted octanol–water partition coefficient (Wildman–Crippen LogP) is 1.03. The Bertz CT molecular complexity index is 261. The standard InChI is InChI=1S/C15H31N3O/c1-17-10-4-5-14(11-17)18(2)12-15(13-19-3)6-8-16-9-7-15/h14,16H,4-13H2,1-3H3. The number of likely N-dealkylation sites (N-methyl/N-ethyl adjacent to an activating group) is 2. The molecule has 2 aliphatic heterocycles. The first-order valence-electron chi connectivity index (χ1n) is 7.74. The topological polar surface area (TPSA) is 27.7 Å². The maximum Gasteiger partial charge on any atom is 0.0531 e. The Kier molecular flexibility index (Phi) is 5.63. The van der Waals surface area contributed by atoms with E-state index >= 15 is 0 Å². The highest BCUT2D eigenvalue weighted by Gasteiger charge is 2.35. The molecule has 4 nitrogen and oxygen atoms in total. The van der Waals surface area contributed by atoms with Gasteiger partial charge in [-0.15, -0.1) is 0 Å². The van der Waals surface area contributed by atoms with Crippen LogP contribution in [0.15, 0.2) is 0 Å². The first-order chi connectivity index (χ1) is 9.15. The second kappa shape index (κ2) is 7.02. The normalized spacial score (nSPS) is 28.7. The molecule has 1 unspecified atom stereocenters. The molecule has 0 bridgehead atoms. The lowest BCUT2D eigenvalue weighted by molar-refractivity contribution is 0.00921. The molecule has 0 aliphatic carbocycles. The van der Waals surface area contributed by atoms with E-state index in [-0.39, 0.29) is 0 Å². The van der Waals surface area contributed by atoms with Gasteiger partial charge in [0.2, 0.25) is 0 Å². The molecular formula is C15H31N3O. The van der Waals surface area contributed by atoms with Crippen molar-refractivity contribution < 1.29 is 4.74 Å². The van der Waals surface area contributed by atoms with E-state index in [0.717, 1.165) is 25.7 Å². The van der Waals surface area contributed by atoms with Gasteiger partial charge in [-0.25, -0.2) is 0 Å². The third-order valence-electron chi connectivity index (χ3n) is 4.92. The summed E-state index contributed by atoms with van der Waals surface area (Å²) in [4.78, 5) is 5.07. The van der Waals surface area contributed by atoms with Crippen LogP contribution >= 0.6 is 0 Å². The molecule has 1 N–H and O–H groups in total. The highest BCUT2D eigenvalue weighted by atomic mass is 16.5. The molecule has 112 valence electrons. The van der Waals surface area contributed by atoms with Crippen LogP contribution in [0.1, 0.15) is 25.7 Å². The van der Waals surface area contributed by atoms with Crippen LogP contribution in [0.3, 0.4) is 0 Å². The number of rotatable bonds is 5. The summed E-state index contributed by atoms with van der Waals surface area (Å²) in [5.74, 6) is 0. The summed E-state index contributed by atoms with van der Waals surface area (Å²) in [6.07, 6.45) is 5.17. The van der Waals surface area contributed by atoms with Gasteiger partial charge in [0.05, 0.1) is 6.61 Å². The zero-order valence-corrected chi connectivity index (χ0v) is 13.0. The van der Waals surface area contributed by atoms with E-state index in [1.54, 1.807) is 0 Å². The van der Waals surface area contributed by atoms with Gasteiger partial charge in [-0.3, -0.25) is 0 Å². The van der Waals surface area contributed by atoms with Crippen molar-refractivity contribution in [3.8, 4) is 0 Å². The number of hydrogen-bond acceptors (Lipinski definition) is 4. The molecule has 0 aromatic rings. The fourth-order valence-electron chi connectivity index (χ4n) is 3.77. The van der Waals surface area contributed by atoms with Crippen molar-refractivity contribution in [1.82, 2.24) is 15.1 Å². The molecule has 2 aliphatic rings. The summed E-state index contributed by atoms with van der Waals surface area (Å²) in [6, 6.07) is 0.724. The zero-order chi connectivity index (χ0) is 13.7. The van der Waals surface area contributed by atoms with Crippen molar-refractivity contribution in [3.05, 3.63) is 0 Å². The van der Waals surface area contributed by atoms with Crippen LogP contribution in [0.4, 0.5) is 0 Å². The van der Waals surface area contributed by atoms with Crippen molar-refractivity contribution in [2.24, 2.45) is 5.41 Å². The van der Waals surface area contributed by atoms with Crippen molar-refractivity contribution in [2.45, 2.75) is 31.7 Å². The Morgan fingerprint density at radius 2 is 2.11 bits per heavy atom. The number of nitrogens with zero attached hydrogens (tertiary/aromatic N) is 2. The lowest BCUT2D eigenvalue weighted by atomic mass is 9.78. The smallest absolute Gasteiger partial charge is 0.0531 e. The lowest BCUT2D eigenvalue weighted by Crippen LogP contribution is -2.52. The lowest BCUT2D eigenvalue weighted by Gasteiger charge is -2.44. The van der Waals surface area contributed by atoms with Crippen molar-refractivity contribution >= 4 is 0 Å². The largest absolute Gasteiger partial charge is 0.384 e. The average Bonchev–Trinajstić information content (AvgIpc) is 2.40. The van der Waals surface area contributed by atoms with E-state index < -0.39 is 0 Å². The number of nitrogens with one attached hydrogen (secondary N) is 1. The van der Waals surface area contributed by atoms with Crippen molar-refractivity contribution in [2.75, 3.05) is 60.5 Å². The van der Waals surface area contributed by atoms with E-state index in [4.69, 9.17) is 4.74 Å². The molecule has 0 aromatic heterocycles. The minimum absolute atomic E-state index is 0.366. The molecular weight excluding hydrogens is 238 g/mol. The van der Waals surface area contributed by atoms with Gasteiger partial charge in [-0.2, -0.15) is 0 Å². The monoisotopic (exact) mass is 269 g/mol. The quantitative estimate of drug-likeness (QED) is 0.807. The van der Waals surface area contributed by atoms with Gasteiger partial charge in [0, 0.05) is 31.7 Å². The number of methoxy groups -OCH3 is 1. The Balaban J connectivity index is 1.92.